The van der Waals surface area contributed by atoms with Crippen molar-refractivity contribution in [2.24, 2.45) is 10.9 Å². The summed E-state index contributed by atoms with van der Waals surface area (Å²) < 4.78 is 5.02. The van der Waals surface area contributed by atoms with Gasteiger partial charge in [0.25, 0.3) is 0 Å². The van der Waals surface area contributed by atoms with Crippen molar-refractivity contribution in [3.8, 4) is 0 Å². The second-order valence-electron chi connectivity index (χ2n) is 3.32. The molecule has 0 saturated heterocycles. The molecule has 0 unspecified atom stereocenters. The van der Waals surface area contributed by atoms with Crippen molar-refractivity contribution < 1.29 is 9.73 Å². The molecule has 0 bridgehead atoms. The third-order valence-corrected chi connectivity index (χ3v) is 2.17. The van der Waals surface area contributed by atoms with E-state index in [1.54, 1.807) is 0 Å². The lowest BCUT2D eigenvalue weighted by molar-refractivity contribution is 0.316. The first-order valence-electron chi connectivity index (χ1n) is 4.74. The van der Waals surface area contributed by atoms with E-state index in [1.165, 1.54) is 0 Å². The van der Waals surface area contributed by atoms with E-state index in [1.807, 2.05) is 13.8 Å². The molecule has 84 valence electrons. The summed E-state index contributed by atoms with van der Waals surface area (Å²) in [5.41, 5.74) is 7.28. The lowest BCUT2D eigenvalue weighted by Crippen LogP contribution is -2.22. The Labute approximate surface area is 88.1 Å². The van der Waals surface area contributed by atoms with Gasteiger partial charge in [0.15, 0.2) is 0 Å². The first kappa shape index (κ1) is 11.5. The van der Waals surface area contributed by atoms with E-state index in [2.05, 4.69) is 15.6 Å². The largest absolute Gasteiger partial charge is 0.409 e. The molecule has 0 spiro atoms. The second-order valence-corrected chi connectivity index (χ2v) is 3.32. The van der Waals surface area contributed by atoms with Gasteiger partial charge in [-0.1, -0.05) is 10.3 Å². The van der Waals surface area contributed by atoms with Crippen LogP contribution in [-0.4, -0.2) is 22.7 Å². The molecular weight excluding hydrogens is 196 g/mol. The highest BCUT2D eigenvalue weighted by Crippen LogP contribution is 2.11. The van der Waals surface area contributed by atoms with E-state index in [-0.39, 0.29) is 5.84 Å². The van der Waals surface area contributed by atoms with Crippen molar-refractivity contribution in [1.29, 1.82) is 0 Å². The fourth-order valence-corrected chi connectivity index (χ4v) is 1.23. The molecule has 0 aliphatic rings. The smallest absolute Gasteiger partial charge is 0.140 e. The molecule has 0 atom stereocenters. The van der Waals surface area contributed by atoms with E-state index in [0.717, 1.165) is 17.0 Å². The van der Waals surface area contributed by atoms with Crippen LogP contribution in [0.25, 0.3) is 0 Å². The maximum Gasteiger partial charge on any atom is 0.140 e. The van der Waals surface area contributed by atoms with Gasteiger partial charge in [0, 0.05) is 25.1 Å². The molecule has 4 N–H and O–H groups in total. The van der Waals surface area contributed by atoms with Crippen LogP contribution in [0.5, 0.6) is 0 Å². The Morgan fingerprint density at radius 1 is 1.60 bits per heavy atom. The van der Waals surface area contributed by atoms with Crippen LogP contribution in [0, 0.1) is 13.8 Å². The maximum absolute atomic E-state index is 8.32. The summed E-state index contributed by atoms with van der Waals surface area (Å²) in [6, 6.07) is 0. The number of nitrogens with two attached hydrogens (primary N) is 1. The van der Waals surface area contributed by atoms with Crippen molar-refractivity contribution in [2.75, 3.05) is 6.54 Å². The van der Waals surface area contributed by atoms with Gasteiger partial charge in [-0.25, -0.2) is 0 Å². The molecule has 15 heavy (non-hydrogen) atoms. The lowest BCUT2D eigenvalue weighted by atomic mass is 10.2. The Kier molecular flexibility index (Phi) is 4.11. The summed E-state index contributed by atoms with van der Waals surface area (Å²) >= 11 is 0. The number of hydrogen-bond acceptors (Lipinski definition) is 5. The minimum Gasteiger partial charge on any atom is -0.409 e. The van der Waals surface area contributed by atoms with Crippen molar-refractivity contribution >= 4 is 5.84 Å². The average Bonchev–Trinajstić information content (AvgIpc) is 2.54. The highest BCUT2D eigenvalue weighted by Gasteiger charge is 2.07. The van der Waals surface area contributed by atoms with Crippen LogP contribution in [-0.2, 0) is 6.54 Å². The molecule has 1 heterocycles. The molecule has 6 nitrogen and oxygen atoms in total. The summed E-state index contributed by atoms with van der Waals surface area (Å²) in [6.07, 6.45) is 0.514. The third-order valence-electron chi connectivity index (χ3n) is 2.17. The zero-order valence-electron chi connectivity index (χ0n) is 8.95. The number of oxime groups is 1. The van der Waals surface area contributed by atoms with Crippen LogP contribution in [0.1, 0.15) is 23.4 Å². The van der Waals surface area contributed by atoms with E-state index in [0.29, 0.717) is 19.5 Å². The number of nitrogens with zero attached hydrogens (tertiary/aromatic N) is 2. The fourth-order valence-electron chi connectivity index (χ4n) is 1.23. The van der Waals surface area contributed by atoms with E-state index < -0.39 is 0 Å². The molecule has 0 fully saturated rings. The Morgan fingerprint density at radius 3 is 2.87 bits per heavy atom. The predicted octanol–water partition coefficient (Wildman–Crippen LogP) is 0.518. The Balaban J connectivity index is 2.32. The number of aromatic nitrogens is 1. The first-order valence-corrected chi connectivity index (χ1v) is 4.74. The molecule has 1 aromatic heterocycles. The zero-order valence-corrected chi connectivity index (χ0v) is 8.95. The van der Waals surface area contributed by atoms with Crippen molar-refractivity contribution in [2.45, 2.75) is 26.8 Å². The van der Waals surface area contributed by atoms with Gasteiger partial charge in [0.2, 0.25) is 0 Å². The van der Waals surface area contributed by atoms with Crippen LogP contribution >= 0.6 is 0 Å². The summed E-state index contributed by atoms with van der Waals surface area (Å²) in [5.74, 6) is 1.05. The molecule has 1 aromatic rings. The van der Waals surface area contributed by atoms with Gasteiger partial charge >= 0.3 is 0 Å². The molecular formula is C9H16N4O2. The van der Waals surface area contributed by atoms with Crippen LogP contribution in [0.2, 0.25) is 0 Å². The standard InChI is InChI=1S/C9H16N4O2/c1-6-8(7(2)15-13-6)5-11-4-3-9(10)12-14/h11,14H,3-5H2,1-2H3,(H2,10,12). The average molecular weight is 212 g/mol. The molecule has 0 saturated carbocycles. The zero-order chi connectivity index (χ0) is 11.3. The Hall–Kier alpha value is -1.56. The maximum atomic E-state index is 8.32. The molecule has 0 aliphatic carbocycles. The van der Waals surface area contributed by atoms with Gasteiger partial charge < -0.3 is 20.8 Å². The van der Waals surface area contributed by atoms with Crippen LogP contribution in [0.15, 0.2) is 9.68 Å². The summed E-state index contributed by atoms with van der Waals surface area (Å²) in [7, 11) is 0. The van der Waals surface area contributed by atoms with E-state index in [4.69, 9.17) is 15.5 Å². The Morgan fingerprint density at radius 2 is 2.33 bits per heavy atom. The van der Waals surface area contributed by atoms with Gasteiger partial charge in [0.1, 0.15) is 11.6 Å². The van der Waals surface area contributed by atoms with Crippen molar-refractivity contribution in [3.05, 3.63) is 17.0 Å². The van der Waals surface area contributed by atoms with Crippen LogP contribution < -0.4 is 11.1 Å². The number of nitrogens with one attached hydrogen (secondary N) is 1. The van der Waals surface area contributed by atoms with Gasteiger partial charge in [-0.2, -0.15) is 0 Å². The van der Waals surface area contributed by atoms with Gasteiger partial charge in [-0.3, -0.25) is 0 Å². The van der Waals surface area contributed by atoms with E-state index >= 15 is 0 Å². The molecule has 1 rings (SSSR count). The molecule has 0 aliphatic heterocycles. The highest BCUT2D eigenvalue weighted by molar-refractivity contribution is 5.79. The number of amidine groups is 1. The molecule has 0 aromatic carbocycles. The Bertz CT molecular complexity index is 326. The first-order chi connectivity index (χ1) is 7.15. The predicted molar refractivity (Wildman–Crippen MR) is 55.7 cm³/mol. The summed E-state index contributed by atoms with van der Waals surface area (Å²) in [5, 5.41) is 18.2. The highest BCUT2D eigenvalue weighted by atomic mass is 16.5. The van der Waals surface area contributed by atoms with Gasteiger partial charge in [-0.05, 0) is 13.8 Å². The molecule has 0 amide bonds. The lowest BCUT2D eigenvalue weighted by Gasteiger charge is -2.03. The normalized spacial score (nSPS) is 12.0. The third kappa shape index (κ3) is 3.25. The fraction of sp³-hybridized carbons (Fsp3) is 0.556. The van der Waals surface area contributed by atoms with Gasteiger partial charge in [0.05, 0.1) is 5.69 Å². The SMILES string of the molecule is Cc1noc(C)c1CNCCC(N)=NO. The minimum absolute atomic E-state index is 0.223. The number of rotatable bonds is 5. The number of hydrogen-bond donors (Lipinski definition) is 3. The molecule has 0 radical (unpaired) electrons. The van der Waals surface area contributed by atoms with Crippen LogP contribution in [0.4, 0.5) is 0 Å². The van der Waals surface area contributed by atoms with Gasteiger partial charge in [-0.15, -0.1) is 0 Å². The quantitative estimate of drug-likeness (QED) is 0.217. The topological polar surface area (TPSA) is 96.7 Å². The summed E-state index contributed by atoms with van der Waals surface area (Å²) in [4.78, 5) is 0. The van der Waals surface area contributed by atoms with Crippen LogP contribution in [0.3, 0.4) is 0 Å². The second kappa shape index (κ2) is 5.35. The van der Waals surface area contributed by atoms with E-state index in [9.17, 15) is 0 Å². The monoisotopic (exact) mass is 212 g/mol. The van der Waals surface area contributed by atoms with Crippen molar-refractivity contribution in [1.82, 2.24) is 10.5 Å². The van der Waals surface area contributed by atoms with Crippen molar-refractivity contribution in [3.63, 3.8) is 0 Å². The minimum atomic E-state index is 0.223. The number of aryl methyl sites for hydroxylation is 2. The molecule has 6 heteroatoms. The summed E-state index contributed by atoms with van der Waals surface area (Å²) in [6.45, 7) is 5.11.